The second kappa shape index (κ2) is 7.61. The zero-order chi connectivity index (χ0) is 17.6. The number of oxime groups is 1. The highest BCUT2D eigenvalue weighted by Crippen LogP contribution is 2.22. The van der Waals surface area contributed by atoms with Gasteiger partial charge < -0.3 is 14.1 Å². The molecule has 0 aliphatic heterocycles. The Hall–Kier alpha value is -3.15. The molecule has 2 aromatic carbocycles. The van der Waals surface area contributed by atoms with Gasteiger partial charge in [-0.2, -0.15) is 4.98 Å². The lowest BCUT2D eigenvalue weighted by Crippen LogP contribution is -2.10. The van der Waals surface area contributed by atoms with Crippen LogP contribution in [0.5, 0.6) is 5.75 Å². The zero-order valence-corrected chi connectivity index (χ0v) is 14.4. The van der Waals surface area contributed by atoms with Crippen molar-refractivity contribution in [1.29, 1.82) is 0 Å². The molecule has 128 valence electrons. The Morgan fingerprint density at radius 1 is 1.16 bits per heavy atom. The number of benzene rings is 2. The monoisotopic (exact) mass is 337 g/mol. The number of ether oxygens (including phenoxy) is 1. The molecule has 0 saturated heterocycles. The average molecular weight is 337 g/mol. The van der Waals surface area contributed by atoms with Gasteiger partial charge in [0.2, 0.25) is 0 Å². The van der Waals surface area contributed by atoms with Crippen LogP contribution >= 0.6 is 0 Å². The van der Waals surface area contributed by atoms with Crippen LogP contribution in [0.2, 0.25) is 0 Å². The Morgan fingerprint density at radius 3 is 2.76 bits per heavy atom. The van der Waals surface area contributed by atoms with E-state index in [4.69, 9.17) is 14.1 Å². The summed E-state index contributed by atoms with van der Waals surface area (Å²) in [4.78, 5) is 9.02. The lowest BCUT2D eigenvalue weighted by Gasteiger charge is -2.13. The van der Waals surface area contributed by atoms with E-state index in [1.54, 1.807) is 0 Å². The van der Waals surface area contributed by atoms with Crippen molar-refractivity contribution in [3.63, 3.8) is 0 Å². The Kier molecular flexibility index (Phi) is 5.09. The molecular formula is C19H19N3O3. The summed E-state index contributed by atoms with van der Waals surface area (Å²) < 4.78 is 11.2. The van der Waals surface area contributed by atoms with Crippen LogP contribution in [0.1, 0.15) is 28.1 Å². The van der Waals surface area contributed by atoms with E-state index in [2.05, 4.69) is 21.4 Å². The Bertz CT molecular complexity index is 873. The predicted molar refractivity (Wildman–Crippen MR) is 93.6 cm³/mol. The second-order valence-electron chi connectivity index (χ2n) is 5.58. The number of nitrogens with zero attached hydrogens (tertiary/aromatic N) is 3. The first-order valence-corrected chi connectivity index (χ1v) is 7.85. The summed E-state index contributed by atoms with van der Waals surface area (Å²) in [6.07, 6.45) is 1.33. The molecule has 0 radical (unpaired) electrons. The highest BCUT2D eigenvalue weighted by Gasteiger charge is 2.17. The maximum Gasteiger partial charge on any atom is 0.280 e. The number of aryl methyl sites for hydroxylation is 2. The van der Waals surface area contributed by atoms with Crippen molar-refractivity contribution in [3.05, 3.63) is 76.9 Å². The van der Waals surface area contributed by atoms with Crippen molar-refractivity contribution in [3.8, 4) is 5.75 Å². The molecule has 25 heavy (non-hydrogen) atoms. The average Bonchev–Trinajstić information content (AvgIpc) is 3.15. The van der Waals surface area contributed by atoms with Crippen LogP contribution in [0.15, 0.2) is 58.5 Å². The highest BCUT2D eigenvalue weighted by molar-refractivity contribution is 6.10. The van der Waals surface area contributed by atoms with E-state index >= 15 is 0 Å². The van der Waals surface area contributed by atoms with Crippen molar-refractivity contribution in [2.24, 2.45) is 5.16 Å². The molecule has 0 saturated carbocycles. The van der Waals surface area contributed by atoms with E-state index in [1.165, 1.54) is 13.4 Å². The summed E-state index contributed by atoms with van der Waals surface area (Å²) in [5, 5.41) is 7.69. The fraction of sp³-hybridized carbons (Fsp3) is 0.211. The van der Waals surface area contributed by atoms with Gasteiger partial charge in [0.05, 0.1) is 0 Å². The van der Waals surface area contributed by atoms with Crippen LogP contribution in [-0.2, 0) is 11.4 Å². The summed E-state index contributed by atoms with van der Waals surface area (Å²) in [6.45, 7) is 4.45. The van der Waals surface area contributed by atoms with Crippen molar-refractivity contribution < 1.29 is 14.1 Å². The standard InChI is InChI=1S/C19H19N3O3/c1-13-8-9-14(2)17(10-13)24-11-15-6-4-5-7-16(15)18(22-23-3)19-20-12-21-25-19/h4-10,12H,11H2,1-3H3/b22-18-. The molecule has 0 fully saturated rings. The SMILES string of the molecule is CO/N=C(\c1ncno1)c1ccccc1COc1cc(C)ccc1C. The smallest absolute Gasteiger partial charge is 0.280 e. The molecule has 0 aliphatic carbocycles. The first kappa shape index (κ1) is 16.7. The number of hydrogen-bond acceptors (Lipinski definition) is 6. The largest absolute Gasteiger partial charge is 0.489 e. The topological polar surface area (TPSA) is 69.7 Å². The van der Waals surface area contributed by atoms with Gasteiger partial charge in [-0.3, -0.25) is 0 Å². The molecule has 6 heteroatoms. The van der Waals surface area contributed by atoms with E-state index in [0.717, 1.165) is 28.0 Å². The van der Waals surface area contributed by atoms with Crippen molar-refractivity contribution in [1.82, 2.24) is 10.1 Å². The van der Waals surface area contributed by atoms with Gasteiger partial charge in [0.1, 0.15) is 19.5 Å². The minimum absolute atomic E-state index is 0.293. The minimum Gasteiger partial charge on any atom is -0.489 e. The summed E-state index contributed by atoms with van der Waals surface area (Å²) in [6, 6.07) is 13.9. The lowest BCUT2D eigenvalue weighted by atomic mass is 10.0. The summed E-state index contributed by atoms with van der Waals surface area (Å²) >= 11 is 0. The lowest BCUT2D eigenvalue weighted by molar-refractivity contribution is 0.212. The van der Waals surface area contributed by atoms with Crippen molar-refractivity contribution in [2.75, 3.05) is 7.11 Å². The third kappa shape index (κ3) is 3.85. The van der Waals surface area contributed by atoms with Crippen LogP contribution in [0.25, 0.3) is 0 Å². The van der Waals surface area contributed by atoms with Gasteiger partial charge in [-0.15, -0.1) is 0 Å². The Labute approximate surface area is 146 Å². The predicted octanol–water partition coefficient (Wildman–Crippen LogP) is 3.66. The van der Waals surface area contributed by atoms with Gasteiger partial charge in [-0.1, -0.05) is 46.7 Å². The van der Waals surface area contributed by atoms with E-state index in [-0.39, 0.29) is 0 Å². The quantitative estimate of drug-likeness (QED) is 0.507. The van der Waals surface area contributed by atoms with Gasteiger partial charge in [-0.25, -0.2) is 0 Å². The van der Waals surface area contributed by atoms with E-state index in [9.17, 15) is 0 Å². The molecule has 3 rings (SSSR count). The molecule has 0 aliphatic rings. The molecular weight excluding hydrogens is 318 g/mol. The van der Waals surface area contributed by atoms with Crippen LogP contribution < -0.4 is 4.74 Å². The fourth-order valence-electron chi connectivity index (χ4n) is 2.47. The molecule has 0 unspecified atom stereocenters. The van der Waals surface area contributed by atoms with Gasteiger partial charge >= 0.3 is 0 Å². The molecule has 0 atom stereocenters. The van der Waals surface area contributed by atoms with Crippen LogP contribution in [0.3, 0.4) is 0 Å². The maximum absolute atomic E-state index is 6.03. The van der Waals surface area contributed by atoms with Gasteiger partial charge in [-0.05, 0) is 36.6 Å². The molecule has 1 heterocycles. The Balaban J connectivity index is 1.90. The van der Waals surface area contributed by atoms with Gasteiger partial charge in [0, 0.05) is 5.56 Å². The van der Waals surface area contributed by atoms with E-state index < -0.39 is 0 Å². The summed E-state index contributed by atoms with van der Waals surface area (Å²) in [7, 11) is 1.48. The van der Waals surface area contributed by atoms with Crippen LogP contribution in [0, 0.1) is 13.8 Å². The molecule has 3 aromatic rings. The van der Waals surface area contributed by atoms with E-state index in [0.29, 0.717) is 18.2 Å². The molecule has 0 spiro atoms. The maximum atomic E-state index is 6.03. The first-order chi connectivity index (χ1) is 12.2. The fourth-order valence-corrected chi connectivity index (χ4v) is 2.47. The van der Waals surface area contributed by atoms with E-state index in [1.807, 2.05) is 50.2 Å². The highest BCUT2D eigenvalue weighted by atomic mass is 16.6. The molecule has 1 aromatic heterocycles. The molecule has 0 bridgehead atoms. The third-order valence-corrected chi connectivity index (χ3v) is 3.75. The zero-order valence-electron chi connectivity index (χ0n) is 14.4. The van der Waals surface area contributed by atoms with Gasteiger partial charge in [0.25, 0.3) is 5.89 Å². The number of rotatable bonds is 6. The normalized spacial score (nSPS) is 11.4. The van der Waals surface area contributed by atoms with Crippen LogP contribution in [0.4, 0.5) is 0 Å². The summed E-state index contributed by atoms with van der Waals surface area (Å²) in [5.74, 6) is 1.15. The molecule has 0 N–H and O–H groups in total. The minimum atomic E-state index is 0.293. The molecule has 0 amide bonds. The number of hydrogen-bond donors (Lipinski definition) is 0. The first-order valence-electron chi connectivity index (χ1n) is 7.85. The number of aromatic nitrogens is 2. The van der Waals surface area contributed by atoms with Crippen LogP contribution in [-0.4, -0.2) is 23.0 Å². The Morgan fingerprint density at radius 2 is 2.00 bits per heavy atom. The third-order valence-electron chi connectivity index (χ3n) is 3.75. The van der Waals surface area contributed by atoms with Crippen molar-refractivity contribution in [2.45, 2.75) is 20.5 Å². The van der Waals surface area contributed by atoms with Crippen molar-refractivity contribution >= 4 is 5.71 Å². The molecule has 6 nitrogen and oxygen atoms in total. The second-order valence-corrected chi connectivity index (χ2v) is 5.58. The van der Waals surface area contributed by atoms with Gasteiger partial charge in [0.15, 0.2) is 12.0 Å². The summed E-state index contributed by atoms with van der Waals surface area (Å²) in [5.41, 5.74) is 4.48.